The molecule has 0 fully saturated rings. The van der Waals surface area contributed by atoms with Crippen molar-refractivity contribution < 1.29 is 4.74 Å². The number of aryl methyl sites for hydroxylation is 1. The molecule has 0 bridgehead atoms. The normalized spacial score (nSPS) is 13.0. The lowest BCUT2D eigenvalue weighted by Crippen LogP contribution is -2.33. The van der Waals surface area contributed by atoms with Crippen LogP contribution in [0.1, 0.15) is 17.2 Å². The molecule has 17 heavy (non-hydrogen) atoms. The third-order valence-corrected chi connectivity index (χ3v) is 3.08. The van der Waals surface area contributed by atoms with Crippen molar-refractivity contribution in [1.82, 2.24) is 10.2 Å². The molecule has 3 heteroatoms. The quantitative estimate of drug-likeness (QED) is 0.782. The van der Waals surface area contributed by atoms with E-state index in [0.29, 0.717) is 6.04 Å². The van der Waals surface area contributed by atoms with Crippen LogP contribution >= 0.6 is 0 Å². The van der Waals surface area contributed by atoms with Gasteiger partial charge >= 0.3 is 0 Å². The van der Waals surface area contributed by atoms with E-state index in [4.69, 9.17) is 4.74 Å². The molecule has 0 aliphatic carbocycles. The largest absolute Gasteiger partial charge is 0.383 e. The fourth-order valence-corrected chi connectivity index (χ4v) is 1.97. The van der Waals surface area contributed by atoms with Crippen LogP contribution < -0.4 is 5.32 Å². The van der Waals surface area contributed by atoms with Gasteiger partial charge in [0.25, 0.3) is 0 Å². The topological polar surface area (TPSA) is 24.5 Å². The number of nitrogens with one attached hydrogen (secondary N) is 1. The molecule has 0 aromatic heterocycles. The summed E-state index contributed by atoms with van der Waals surface area (Å²) in [6.45, 7) is 4.89. The maximum atomic E-state index is 5.10. The van der Waals surface area contributed by atoms with Crippen LogP contribution in [0.5, 0.6) is 0 Å². The van der Waals surface area contributed by atoms with Gasteiger partial charge in [-0.05, 0) is 32.1 Å². The molecule has 1 N–H and O–H groups in total. The third-order valence-electron chi connectivity index (χ3n) is 3.08. The number of ether oxygens (including phenoxy) is 1. The van der Waals surface area contributed by atoms with Crippen molar-refractivity contribution in [1.29, 1.82) is 0 Å². The van der Waals surface area contributed by atoms with E-state index in [0.717, 1.165) is 19.7 Å². The molecule has 1 aromatic rings. The van der Waals surface area contributed by atoms with Crippen molar-refractivity contribution >= 4 is 0 Å². The monoisotopic (exact) mass is 236 g/mol. The number of likely N-dealkylation sites (N-methyl/N-ethyl adjacent to an activating group) is 2. The number of benzene rings is 1. The van der Waals surface area contributed by atoms with Crippen LogP contribution in [0, 0.1) is 6.92 Å². The standard InChI is InChI=1S/C14H24N2O/c1-12-7-5-6-8-13(12)14(15-2)11-16(3)9-10-17-4/h5-8,14-15H,9-11H2,1-4H3. The van der Waals surface area contributed by atoms with Gasteiger partial charge in [-0.2, -0.15) is 0 Å². The molecule has 0 saturated carbocycles. The molecule has 1 aromatic carbocycles. The Morgan fingerprint density at radius 2 is 2.06 bits per heavy atom. The van der Waals surface area contributed by atoms with Gasteiger partial charge in [-0.15, -0.1) is 0 Å². The molecule has 0 aliphatic heterocycles. The first kappa shape index (κ1) is 14.2. The molecule has 96 valence electrons. The first-order chi connectivity index (χ1) is 8.19. The highest BCUT2D eigenvalue weighted by molar-refractivity contribution is 5.28. The Bertz CT molecular complexity index is 328. The van der Waals surface area contributed by atoms with Gasteiger partial charge in [-0.1, -0.05) is 24.3 Å². The zero-order valence-corrected chi connectivity index (χ0v) is 11.4. The molecule has 1 atom stereocenters. The van der Waals surface area contributed by atoms with E-state index in [1.807, 2.05) is 7.05 Å². The predicted octanol–water partition coefficient (Wildman–Crippen LogP) is 1.83. The van der Waals surface area contributed by atoms with Crippen molar-refractivity contribution in [2.24, 2.45) is 0 Å². The number of methoxy groups -OCH3 is 1. The molecule has 1 unspecified atom stereocenters. The molecule has 3 nitrogen and oxygen atoms in total. The van der Waals surface area contributed by atoms with Gasteiger partial charge in [0.15, 0.2) is 0 Å². The Morgan fingerprint density at radius 3 is 2.65 bits per heavy atom. The highest BCUT2D eigenvalue weighted by Crippen LogP contribution is 2.17. The van der Waals surface area contributed by atoms with Crippen molar-refractivity contribution in [3.8, 4) is 0 Å². The summed E-state index contributed by atoms with van der Waals surface area (Å²) in [5, 5.41) is 3.38. The Hall–Kier alpha value is -0.900. The average Bonchev–Trinajstić information content (AvgIpc) is 2.34. The SMILES string of the molecule is CNC(CN(C)CCOC)c1ccccc1C. The van der Waals surface area contributed by atoms with Crippen LogP contribution in [0.3, 0.4) is 0 Å². The molecule has 0 heterocycles. The minimum Gasteiger partial charge on any atom is -0.383 e. The first-order valence-electron chi connectivity index (χ1n) is 6.09. The lowest BCUT2D eigenvalue weighted by atomic mass is 10.0. The van der Waals surface area contributed by atoms with Crippen molar-refractivity contribution in [3.05, 3.63) is 35.4 Å². The van der Waals surface area contributed by atoms with Crippen LogP contribution in [0.2, 0.25) is 0 Å². The van der Waals surface area contributed by atoms with E-state index in [2.05, 4.69) is 48.5 Å². The number of nitrogens with zero attached hydrogens (tertiary/aromatic N) is 1. The summed E-state index contributed by atoms with van der Waals surface area (Å²) in [4.78, 5) is 2.29. The molecule has 0 saturated heterocycles. The van der Waals surface area contributed by atoms with E-state index in [-0.39, 0.29) is 0 Å². The van der Waals surface area contributed by atoms with Gasteiger partial charge in [0.1, 0.15) is 0 Å². The smallest absolute Gasteiger partial charge is 0.0589 e. The molecule has 1 rings (SSSR count). The maximum Gasteiger partial charge on any atom is 0.0589 e. The second-order valence-corrected chi connectivity index (χ2v) is 4.45. The highest BCUT2D eigenvalue weighted by Gasteiger charge is 2.13. The molecular weight excluding hydrogens is 212 g/mol. The second kappa shape index (κ2) is 7.43. The summed E-state index contributed by atoms with van der Waals surface area (Å²) in [7, 11) is 5.88. The van der Waals surface area contributed by atoms with Crippen LogP contribution in [0.4, 0.5) is 0 Å². The highest BCUT2D eigenvalue weighted by atomic mass is 16.5. The van der Waals surface area contributed by atoms with E-state index in [1.165, 1.54) is 11.1 Å². The minimum atomic E-state index is 0.373. The number of rotatable bonds is 7. The lowest BCUT2D eigenvalue weighted by molar-refractivity contribution is 0.156. The predicted molar refractivity (Wildman–Crippen MR) is 72.4 cm³/mol. The zero-order chi connectivity index (χ0) is 12.7. The third kappa shape index (κ3) is 4.46. The summed E-state index contributed by atoms with van der Waals surface area (Å²) in [5.41, 5.74) is 2.71. The summed E-state index contributed by atoms with van der Waals surface area (Å²) in [5.74, 6) is 0. The van der Waals surface area contributed by atoms with Gasteiger partial charge in [0.05, 0.1) is 6.61 Å². The molecule has 0 aliphatic rings. The van der Waals surface area contributed by atoms with Gasteiger partial charge in [0, 0.05) is 26.2 Å². The van der Waals surface area contributed by atoms with Crippen molar-refractivity contribution in [2.75, 3.05) is 40.9 Å². The second-order valence-electron chi connectivity index (χ2n) is 4.45. The van der Waals surface area contributed by atoms with Crippen molar-refractivity contribution in [2.45, 2.75) is 13.0 Å². The number of hydrogen-bond acceptors (Lipinski definition) is 3. The summed E-state index contributed by atoms with van der Waals surface area (Å²) >= 11 is 0. The lowest BCUT2D eigenvalue weighted by Gasteiger charge is -2.25. The van der Waals surface area contributed by atoms with Crippen LogP contribution in [-0.2, 0) is 4.74 Å². The summed E-state index contributed by atoms with van der Waals surface area (Å²) in [6.07, 6.45) is 0. The summed E-state index contributed by atoms with van der Waals surface area (Å²) < 4.78 is 5.10. The van der Waals surface area contributed by atoms with Gasteiger partial charge in [-0.3, -0.25) is 0 Å². The molecule has 0 spiro atoms. The Balaban J connectivity index is 2.62. The van der Waals surface area contributed by atoms with Crippen LogP contribution in [0.15, 0.2) is 24.3 Å². The Morgan fingerprint density at radius 1 is 1.35 bits per heavy atom. The van der Waals surface area contributed by atoms with Crippen LogP contribution in [-0.4, -0.2) is 45.8 Å². The molecule has 0 amide bonds. The van der Waals surface area contributed by atoms with E-state index >= 15 is 0 Å². The van der Waals surface area contributed by atoms with Gasteiger partial charge in [-0.25, -0.2) is 0 Å². The van der Waals surface area contributed by atoms with Gasteiger partial charge < -0.3 is 15.0 Å². The van der Waals surface area contributed by atoms with E-state index in [9.17, 15) is 0 Å². The maximum absolute atomic E-state index is 5.10. The molecular formula is C14H24N2O. The fourth-order valence-electron chi connectivity index (χ4n) is 1.97. The zero-order valence-electron chi connectivity index (χ0n) is 11.4. The van der Waals surface area contributed by atoms with Crippen LogP contribution in [0.25, 0.3) is 0 Å². The molecule has 0 radical (unpaired) electrons. The van der Waals surface area contributed by atoms with E-state index < -0.39 is 0 Å². The summed E-state index contributed by atoms with van der Waals surface area (Å²) in [6, 6.07) is 8.91. The fraction of sp³-hybridized carbons (Fsp3) is 0.571. The van der Waals surface area contributed by atoms with E-state index in [1.54, 1.807) is 7.11 Å². The van der Waals surface area contributed by atoms with Gasteiger partial charge in [0.2, 0.25) is 0 Å². The first-order valence-corrected chi connectivity index (χ1v) is 6.09. The minimum absolute atomic E-state index is 0.373. The average molecular weight is 236 g/mol. The van der Waals surface area contributed by atoms with Crippen molar-refractivity contribution in [3.63, 3.8) is 0 Å². The Labute approximate surface area is 105 Å². The Kier molecular flexibility index (Phi) is 6.19. The number of hydrogen-bond donors (Lipinski definition) is 1.